The Morgan fingerprint density at radius 3 is 2.58 bits per heavy atom. The number of aromatic amines is 1. The Balaban J connectivity index is 0.000000141. The predicted octanol–water partition coefficient (Wildman–Crippen LogP) is 0.686. The number of carbonyl (C=O) groups excluding carboxylic acids is 1. The highest BCUT2D eigenvalue weighted by Gasteiger charge is 2.01. The number of aromatic nitrogens is 2. The Morgan fingerprint density at radius 2 is 2.05 bits per heavy atom. The van der Waals surface area contributed by atoms with Crippen LogP contribution in [0.15, 0.2) is 42.6 Å². The number of aromatic carboxylic acids is 1. The lowest BCUT2D eigenvalue weighted by Crippen LogP contribution is -2.24. The number of nitrogens with zero attached hydrogens (tertiary/aromatic N) is 1. The first kappa shape index (κ1) is 13.1. The third-order valence-corrected chi connectivity index (χ3v) is 3.42. The Bertz CT molecular complexity index is 670. The quantitative estimate of drug-likeness (QED) is 0.709. The first-order chi connectivity index (χ1) is 9.08. The van der Waals surface area contributed by atoms with Gasteiger partial charge in [-0.2, -0.15) is 0 Å². The number of carbonyl (C=O) groups is 1. The van der Waals surface area contributed by atoms with Crippen molar-refractivity contribution in [2.75, 3.05) is 5.73 Å². The average molecular weight is 275 g/mol. The van der Waals surface area contributed by atoms with E-state index in [0.717, 1.165) is 10.6 Å². The SMILES string of the molecule is Cn1cccc1C(=O)[O-].Nc1[nH+]c2ccccc2s1. The molecule has 3 N–H and O–H groups in total. The lowest BCUT2D eigenvalue weighted by molar-refractivity contribution is -0.320. The van der Waals surface area contributed by atoms with E-state index in [-0.39, 0.29) is 5.69 Å². The van der Waals surface area contributed by atoms with Crippen LogP contribution in [0.5, 0.6) is 0 Å². The van der Waals surface area contributed by atoms with Gasteiger partial charge in [0.25, 0.3) is 0 Å². The van der Waals surface area contributed by atoms with Gasteiger partial charge in [-0.25, -0.2) is 4.98 Å². The van der Waals surface area contributed by atoms with Crippen molar-refractivity contribution in [1.29, 1.82) is 0 Å². The molecule has 0 spiro atoms. The van der Waals surface area contributed by atoms with E-state index in [1.54, 1.807) is 30.6 Å². The Kier molecular flexibility index (Phi) is 3.82. The van der Waals surface area contributed by atoms with Crippen LogP contribution in [0, 0.1) is 0 Å². The zero-order valence-corrected chi connectivity index (χ0v) is 11.1. The van der Waals surface area contributed by atoms with Gasteiger partial charge in [0.1, 0.15) is 5.52 Å². The van der Waals surface area contributed by atoms with Crippen LogP contribution in [0.25, 0.3) is 10.2 Å². The Hall–Kier alpha value is -2.34. The number of aryl methyl sites for hydroxylation is 1. The van der Waals surface area contributed by atoms with Gasteiger partial charge in [0.05, 0.1) is 16.4 Å². The molecule has 0 saturated carbocycles. The molecule has 0 bridgehead atoms. The molecular formula is C13H13N3O2S. The number of rotatable bonds is 1. The van der Waals surface area contributed by atoms with Gasteiger partial charge in [0, 0.05) is 13.2 Å². The van der Waals surface area contributed by atoms with Crippen LogP contribution in [-0.4, -0.2) is 10.5 Å². The summed E-state index contributed by atoms with van der Waals surface area (Å²) in [5, 5.41) is 10.9. The highest BCUT2D eigenvalue weighted by molar-refractivity contribution is 7.21. The molecule has 98 valence electrons. The van der Waals surface area contributed by atoms with Crippen molar-refractivity contribution in [2.24, 2.45) is 7.05 Å². The van der Waals surface area contributed by atoms with Gasteiger partial charge in [0.2, 0.25) is 0 Å². The average Bonchev–Trinajstić information content (AvgIpc) is 2.94. The van der Waals surface area contributed by atoms with Crippen molar-refractivity contribution in [3.05, 3.63) is 48.3 Å². The molecule has 2 heterocycles. The third kappa shape index (κ3) is 3.11. The summed E-state index contributed by atoms with van der Waals surface area (Å²) >= 11 is 1.57. The van der Waals surface area contributed by atoms with Gasteiger partial charge in [0.15, 0.2) is 0 Å². The van der Waals surface area contributed by atoms with E-state index in [4.69, 9.17) is 5.73 Å². The van der Waals surface area contributed by atoms with Gasteiger partial charge >= 0.3 is 5.13 Å². The number of carboxylic acids is 1. The zero-order valence-electron chi connectivity index (χ0n) is 10.3. The van der Waals surface area contributed by atoms with Gasteiger partial charge in [-0.3, -0.25) is 5.73 Å². The largest absolute Gasteiger partial charge is 0.543 e. The van der Waals surface area contributed by atoms with Crippen LogP contribution in [0.4, 0.5) is 5.13 Å². The van der Waals surface area contributed by atoms with Crippen LogP contribution < -0.4 is 15.8 Å². The molecule has 0 amide bonds. The number of benzene rings is 1. The molecule has 0 aliphatic rings. The number of para-hydroxylation sites is 1. The number of thiazole rings is 1. The first-order valence-corrected chi connectivity index (χ1v) is 6.38. The molecule has 0 fully saturated rings. The summed E-state index contributed by atoms with van der Waals surface area (Å²) in [6, 6.07) is 11.2. The molecule has 6 heteroatoms. The maximum absolute atomic E-state index is 10.2. The normalized spacial score (nSPS) is 9.95. The van der Waals surface area contributed by atoms with E-state index in [0.29, 0.717) is 0 Å². The van der Waals surface area contributed by atoms with Crippen molar-refractivity contribution in [3.63, 3.8) is 0 Å². The van der Waals surface area contributed by atoms with Crippen LogP contribution in [0.3, 0.4) is 0 Å². The molecule has 0 aliphatic carbocycles. The van der Waals surface area contributed by atoms with E-state index in [2.05, 4.69) is 4.98 Å². The Labute approximate surface area is 113 Å². The molecule has 5 nitrogen and oxygen atoms in total. The minimum atomic E-state index is -1.14. The number of nitrogens with one attached hydrogen (secondary N) is 1. The van der Waals surface area contributed by atoms with Crippen molar-refractivity contribution >= 4 is 32.7 Å². The minimum absolute atomic E-state index is 0.204. The highest BCUT2D eigenvalue weighted by atomic mass is 32.1. The summed E-state index contributed by atoms with van der Waals surface area (Å²) in [7, 11) is 1.66. The monoisotopic (exact) mass is 275 g/mol. The molecule has 3 rings (SSSR count). The maximum atomic E-state index is 10.2. The third-order valence-electron chi connectivity index (χ3n) is 2.52. The second-order valence-corrected chi connectivity index (χ2v) is 4.96. The fourth-order valence-electron chi connectivity index (χ4n) is 1.61. The van der Waals surface area contributed by atoms with Crippen LogP contribution in [0.2, 0.25) is 0 Å². The number of carboxylic acid groups (broad SMARTS) is 1. The molecule has 2 aromatic heterocycles. The molecule has 0 atom stereocenters. The highest BCUT2D eigenvalue weighted by Crippen LogP contribution is 2.18. The topological polar surface area (TPSA) is 85.2 Å². The van der Waals surface area contributed by atoms with Gasteiger partial charge < -0.3 is 14.5 Å². The summed E-state index contributed by atoms with van der Waals surface area (Å²) in [6.07, 6.45) is 1.66. The van der Waals surface area contributed by atoms with Gasteiger partial charge in [-0.15, -0.1) is 0 Å². The van der Waals surface area contributed by atoms with Gasteiger partial charge in [-0.05, 0) is 35.6 Å². The number of nitrogens with two attached hydrogens (primary N) is 1. The van der Waals surface area contributed by atoms with E-state index < -0.39 is 5.97 Å². The van der Waals surface area contributed by atoms with E-state index in [1.807, 2.05) is 24.3 Å². The molecule has 0 radical (unpaired) electrons. The summed E-state index contributed by atoms with van der Waals surface area (Å²) in [6.45, 7) is 0. The number of H-pyrrole nitrogens is 1. The van der Waals surface area contributed by atoms with Crippen LogP contribution >= 0.6 is 11.3 Å². The van der Waals surface area contributed by atoms with Crippen molar-refractivity contribution < 1.29 is 14.9 Å². The van der Waals surface area contributed by atoms with Crippen LogP contribution in [0.1, 0.15) is 10.5 Å². The first-order valence-electron chi connectivity index (χ1n) is 5.57. The number of nitrogen functional groups attached to an aromatic ring is 1. The standard InChI is InChI=1S/C7H6N2S.C6H7NO2/c8-7-9-5-3-1-2-4-6(5)10-7;1-7-4-2-3-5(7)6(8)9/h1-4H,(H2,8,9);2-4H,1H3,(H,8,9). The molecule has 19 heavy (non-hydrogen) atoms. The lowest BCUT2D eigenvalue weighted by Gasteiger charge is -2.01. The minimum Gasteiger partial charge on any atom is -0.543 e. The number of fused-ring (bicyclic) bond motifs is 1. The van der Waals surface area contributed by atoms with Gasteiger partial charge in [-0.1, -0.05) is 12.1 Å². The second kappa shape index (κ2) is 5.53. The summed E-state index contributed by atoms with van der Waals surface area (Å²) < 4.78 is 2.70. The zero-order chi connectivity index (χ0) is 13.8. The number of hydrogen-bond donors (Lipinski definition) is 1. The smallest absolute Gasteiger partial charge is 0.330 e. The molecule has 1 aromatic carbocycles. The second-order valence-electron chi connectivity index (χ2n) is 3.88. The molecule has 0 saturated heterocycles. The summed E-state index contributed by atoms with van der Waals surface area (Å²) in [5.74, 6) is -1.14. The van der Waals surface area contributed by atoms with Crippen molar-refractivity contribution in [1.82, 2.24) is 4.57 Å². The van der Waals surface area contributed by atoms with E-state index in [9.17, 15) is 9.90 Å². The maximum Gasteiger partial charge on any atom is 0.330 e. The molecule has 0 aliphatic heterocycles. The Morgan fingerprint density at radius 1 is 1.32 bits per heavy atom. The van der Waals surface area contributed by atoms with Crippen LogP contribution in [-0.2, 0) is 7.05 Å². The number of anilines is 1. The fraction of sp³-hybridized carbons (Fsp3) is 0.0769. The van der Waals surface area contributed by atoms with E-state index in [1.165, 1.54) is 15.3 Å². The van der Waals surface area contributed by atoms with E-state index >= 15 is 0 Å². The molecule has 0 unspecified atom stereocenters. The summed E-state index contributed by atoms with van der Waals surface area (Å²) in [4.78, 5) is 13.2. The lowest BCUT2D eigenvalue weighted by atomic mass is 10.3. The molecular weight excluding hydrogens is 262 g/mol. The number of hydrogen-bond acceptors (Lipinski definition) is 4. The molecule has 3 aromatic rings. The van der Waals surface area contributed by atoms with Crippen molar-refractivity contribution in [2.45, 2.75) is 0 Å². The summed E-state index contributed by atoms with van der Waals surface area (Å²) in [5.41, 5.74) is 6.87. The van der Waals surface area contributed by atoms with Crippen molar-refractivity contribution in [3.8, 4) is 0 Å². The fourth-order valence-corrected chi connectivity index (χ4v) is 2.38. The predicted molar refractivity (Wildman–Crippen MR) is 72.5 cm³/mol.